The molecule has 0 aromatic heterocycles. The maximum Gasteiger partial charge on any atom is 1.00 e. The second-order valence-electron chi connectivity index (χ2n) is 0.956. The zero-order valence-corrected chi connectivity index (χ0v) is 5.31. The van der Waals surface area contributed by atoms with E-state index in [1.54, 1.807) is 6.92 Å². The Morgan fingerprint density at radius 2 is 2.50 bits per heavy atom. The third-order valence-electron chi connectivity index (χ3n) is 0.453. The Morgan fingerprint density at radius 1 is 2.00 bits per heavy atom. The van der Waals surface area contributed by atoms with Gasteiger partial charge >= 0.3 is 24.8 Å². The SMILES string of the molecule is C=CC(=O)OCC.[H-].[Li+]. The van der Waals surface area contributed by atoms with Gasteiger partial charge in [0.1, 0.15) is 0 Å². The van der Waals surface area contributed by atoms with Crippen molar-refractivity contribution in [2.24, 2.45) is 0 Å². The Labute approximate surface area is 62.6 Å². The summed E-state index contributed by atoms with van der Waals surface area (Å²) in [4.78, 5) is 10.1. The van der Waals surface area contributed by atoms with E-state index in [-0.39, 0.29) is 26.3 Å². The third kappa shape index (κ3) is 5.81. The van der Waals surface area contributed by atoms with Crippen LogP contribution in [0, 0.1) is 0 Å². The molecule has 0 aliphatic carbocycles. The third-order valence-corrected chi connectivity index (χ3v) is 0.453. The molecule has 0 aromatic carbocycles. The summed E-state index contributed by atoms with van der Waals surface area (Å²) >= 11 is 0. The van der Waals surface area contributed by atoms with E-state index in [1.165, 1.54) is 0 Å². The summed E-state index contributed by atoms with van der Waals surface area (Å²) in [6.45, 7) is 5.38. The van der Waals surface area contributed by atoms with E-state index >= 15 is 0 Å². The molecule has 3 heteroatoms. The second kappa shape index (κ2) is 6.81. The van der Waals surface area contributed by atoms with Crippen LogP contribution in [0.5, 0.6) is 0 Å². The van der Waals surface area contributed by atoms with Crippen molar-refractivity contribution in [3.8, 4) is 0 Å². The first-order valence-electron chi connectivity index (χ1n) is 2.10. The van der Waals surface area contributed by atoms with Crippen LogP contribution in [-0.2, 0) is 9.53 Å². The molecule has 0 saturated carbocycles. The molecule has 0 atom stereocenters. The average Bonchev–Trinajstić information content (AvgIpc) is 1.68. The Balaban J connectivity index is -0.000000180. The number of hydrogen-bond donors (Lipinski definition) is 0. The zero-order valence-electron chi connectivity index (χ0n) is 6.31. The molecule has 2 nitrogen and oxygen atoms in total. The first-order chi connectivity index (χ1) is 3.31. The summed E-state index contributed by atoms with van der Waals surface area (Å²) in [5.74, 6) is -0.359. The van der Waals surface area contributed by atoms with Crippen LogP contribution in [0.15, 0.2) is 12.7 Å². The maximum atomic E-state index is 10.1. The topological polar surface area (TPSA) is 26.3 Å². The molecule has 0 radical (unpaired) electrons. The van der Waals surface area contributed by atoms with Gasteiger partial charge in [-0.25, -0.2) is 4.79 Å². The van der Waals surface area contributed by atoms with Crippen LogP contribution in [-0.4, -0.2) is 12.6 Å². The van der Waals surface area contributed by atoms with Crippen LogP contribution in [0.1, 0.15) is 8.35 Å². The van der Waals surface area contributed by atoms with Crippen LogP contribution in [0.25, 0.3) is 0 Å². The summed E-state index contributed by atoms with van der Waals surface area (Å²) in [6.07, 6.45) is 1.14. The molecule has 0 heterocycles. The minimum atomic E-state index is -0.359. The first kappa shape index (κ1) is 10.7. The van der Waals surface area contributed by atoms with Gasteiger partial charge in [0.05, 0.1) is 6.61 Å². The van der Waals surface area contributed by atoms with Crippen molar-refractivity contribution >= 4 is 5.97 Å². The molecular formula is C5H9LiO2. The summed E-state index contributed by atoms with van der Waals surface area (Å²) in [6, 6.07) is 0. The van der Waals surface area contributed by atoms with E-state index in [1.807, 2.05) is 0 Å². The number of hydrogen-bond acceptors (Lipinski definition) is 2. The Hall–Kier alpha value is -0.193. The Morgan fingerprint density at radius 3 is 2.62 bits per heavy atom. The predicted octanol–water partition coefficient (Wildman–Crippen LogP) is -2.15. The van der Waals surface area contributed by atoms with E-state index in [9.17, 15) is 4.79 Å². The molecule has 0 amide bonds. The molecular weight excluding hydrogens is 99.0 g/mol. The average molecular weight is 108 g/mol. The fourth-order valence-corrected chi connectivity index (χ4v) is 0.201. The number of carbonyl (C=O) groups excluding carboxylic acids is 1. The van der Waals surface area contributed by atoms with Crippen LogP contribution in [0.3, 0.4) is 0 Å². The van der Waals surface area contributed by atoms with Gasteiger partial charge in [-0.05, 0) is 6.92 Å². The van der Waals surface area contributed by atoms with Gasteiger partial charge < -0.3 is 6.16 Å². The molecule has 42 valence electrons. The largest absolute Gasteiger partial charge is 1.00 e. The zero-order chi connectivity index (χ0) is 5.70. The van der Waals surface area contributed by atoms with Crippen LogP contribution >= 0.6 is 0 Å². The van der Waals surface area contributed by atoms with Crippen molar-refractivity contribution in [3.05, 3.63) is 12.7 Å². The summed E-state index contributed by atoms with van der Waals surface area (Å²) in [7, 11) is 0. The summed E-state index contributed by atoms with van der Waals surface area (Å²) < 4.78 is 4.43. The first-order valence-corrected chi connectivity index (χ1v) is 2.10. The monoisotopic (exact) mass is 108 g/mol. The van der Waals surface area contributed by atoms with Gasteiger partial charge in [0, 0.05) is 6.08 Å². The molecule has 8 heavy (non-hydrogen) atoms. The second-order valence-corrected chi connectivity index (χ2v) is 0.956. The van der Waals surface area contributed by atoms with Gasteiger partial charge in [0.2, 0.25) is 0 Å². The molecule has 0 unspecified atom stereocenters. The Kier molecular flexibility index (Phi) is 9.13. The molecule has 0 rings (SSSR count). The fraction of sp³-hybridized carbons (Fsp3) is 0.400. The standard InChI is InChI=1S/C5H8O2.Li.H/c1-3-5(6)7-4-2;;/h3H,1,4H2,2H3;;/q;+1;-1. The van der Waals surface area contributed by atoms with Gasteiger partial charge in [0.25, 0.3) is 0 Å². The minimum absolute atomic E-state index is 0. The normalized spacial score (nSPS) is 6.62. The summed E-state index contributed by atoms with van der Waals surface area (Å²) in [5, 5.41) is 0. The van der Waals surface area contributed by atoms with Gasteiger partial charge in [-0.2, -0.15) is 0 Å². The number of esters is 1. The van der Waals surface area contributed by atoms with Gasteiger partial charge in [-0.15, -0.1) is 0 Å². The molecule has 0 fully saturated rings. The smallest absolute Gasteiger partial charge is 1.00 e. The predicted molar refractivity (Wildman–Crippen MR) is 27.9 cm³/mol. The van der Waals surface area contributed by atoms with Gasteiger partial charge in [0.15, 0.2) is 0 Å². The number of rotatable bonds is 2. The van der Waals surface area contributed by atoms with E-state index < -0.39 is 0 Å². The molecule has 0 saturated heterocycles. The molecule has 0 aliphatic heterocycles. The molecule has 0 N–H and O–H groups in total. The maximum absolute atomic E-state index is 10.1. The van der Waals surface area contributed by atoms with Crippen molar-refractivity contribution in [2.75, 3.05) is 6.61 Å². The van der Waals surface area contributed by atoms with E-state index in [4.69, 9.17) is 0 Å². The van der Waals surface area contributed by atoms with Crippen molar-refractivity contribution in [1.29, 1.82) is 0 Å². The van der Waals surface area contributed by atoms with Crippen LogP contribution in [0.2, 0.25) is 0 Å². The molecule has 0 aliphatic rings. The number of carbonyl (C=O) groups is 1. The van der Waals surface area contributed by atoms with Gasteiger partial charge in [-0.3, -0.25) is 0 Å². The van der Waals surface area contributed by atoms with Crippen molar-refractivity contribution in [2.45, 2.75) is 6.92 Å². The molecule has 0 spiro atoms. The van der Waals surface area contributed by atoms with Crippen molar-refractivity contribution < 1.29 is 29.8 Å². The van der Waals surface area contributed by atoms with Gasteiger partial charge in [-0.1, -0.05) is 6.58 Å². The van der Waals surface area contributed by atoms with Crippen LogP contribution in [0.4, 0.5) is 0 Å². The van der Waals surface area contributed by atoms with Crippen LogP contribution < -0.4 is 18.9 Å². The minimum Gasteiger partial charge on any atom is -1.00 e. The van der Waals surface area contributed by atoms with E-state index in [0.717, 1.165) is 6.08 Å². The van der Waals surface area contributed by atoms with E-state index in [2.05, 4.69) is 11.3 Å². The number of ether oxygens (including phenoxy) is 1. The van der Waals surface area contributed by atoms with Crippen molar-refractivity contribution in [3.63, 3.8) is 0 Å². The molecule has 0 aromatic rings. The molecule has 0 bridgehead atoms. The van der Waals surface area contributed by atoms with E-state index in [0.29, 0.717) is 6.61 Å². The Bertz CT molecular complexity index is 85.0. The van der Waals surface area contributed by atoms with Crippen molar-refractivity contribution in [1.82, 2.24) is 0 Å². The quantitative estimate of drug-likeness (QED) is 0.229. The fourth-order valence-electron chi connectivity index (χ4n) is 0.201. The summed E-state index contributed by atoms with van der Waals surface area (Å²) in [5.41, 5.74) is 0.